The van der Waals surface area contributed by atoms with Gasteiger partial charge in [-0.1, -0.05) is 30.3 Å². The fraction of sp³-hybridized carbons (Fsp3) is 0.167. The van der Waals surface area contributed by atoms with Crippen molar-refractivity contribution in [2.24, 2.45) is 0 Å². The van der Waals surface area contributed by atoms with Gasteiger partial charge in [0.05, 0.1) is 6.61 Å². The van der Waals surface area contributed by atoms with Crippen LogP contribution in [0, 0.1) is 0 Å². The number of hydrogen-bond acceptors (Lipinski definition) is 3. The van der Waals surface area contributed by atoms with Gasteiger partial charge < -0.3 is 14.8 Å². The second-order valence-corrected chi connectivity index (χ2v) is 3.51. The molecule has 82 valence electrons. The van der Waals surface area contributed by atoms with Crippen molar-refractivity contribution in [1.82, 2.24) is 0 Å². The molecule has 0 heterocycles. The van der Waals surface area contributed by atoms with E-state index in [0.717, 1.165) is 16.5 Å². The zero-order valence-electron chi connectivity index (χ0n) is 9.05. The highest BCUT2D eigenvalue weighted by Crippen LogP contribution is 2.24. The number of fused-ring (bicyclic) bond motifs is 1. The average Bonchev–Trinajstić information content (AvgIpc) is 2.29. The van der Waals surface area contributed by atoms with Crippen molar-refractivity contribution in [2.75, 3.05) is 6.61 Å². The summed E-state index contributed by atoms with van der Waals surface area (Å²) in [5.74, 6) is 0.766. The van der Waals surface area contributed by atoms with Crippen LogP contribution in [0.25, 0.3) is 10.8 Å². The summed E-state index contributed by atoms with van der Waals surface area (Å²) in [5, 5.41) is 20.2. The van der Waals surface area contributed by atoms with Crippen molar-refractivity contribution < 1.29 is 14.8 Å². The lowest BCUT2D eigenvalue weighted by Gasteiger charge is -2.10. The predicted octanol–water partition coefficient (Wildman–Crippen LogP) is 0.918. The van der Waals surface area contributed by atoms with Crippen LogP contribution in [0.3, 0.4) is 0 Å². The summed E-state index contributed by atoms with van der Waals surface area (Å²) in [6, 6.07) is 11.0. The van der Waals surface area contributed by atoms with Crippen LogP contribution in [0.4, 0.5) is 0 Å². The van der Waals surface area contributed by atoms with Crippen LogP contribution >= 0.6 is 0 Å². The minimum atomic E-state index is -1.46. The summed E-state index contributed by atoms with van der Waals surface area (Å²) in [5.41, 5.74) is 0.499. The topological polar surface area (TPSA) is 49.7 Å². The minimum Gasteiger partial charge on any atom is -0.493 e. The maximum atomic E-state index is 9.26. The SMILES string of the molecule is CCOc1ccc(B(O)O)c2ccccc12. The van der Waals surface area contributed by atoms with Crippen molar-refractivity contribution in [2.45, 2.75) is 6.92 Å². The molecule has 0 fully saturated rings. The van der Waals surface area contributed by atoms with Crippen molar-refractivity contribution in [3.05, 3.63) is 36.4 Å². The van der Waals surface area contributed by atoms with Gasteiger partial charge in [0.25, 0.3) is 0 Å². The van der Waals surface area contributed by atoms with Crippen LogP contribution in [-0.2, 0) is 0 Å². The molecule has 2 N–H and O–H groups in total. The van der Waals surface area contributed by atoms with Crippen molar-refractivity contribution in [3.8, 4) is 5.75 Å². The van der Waals surface area contributed by atoms with Gasteiger partial charge in [0.15, 0.2) is 0 Å². The Morgan fingerprint density at radius 2 is 1.75 bits per heavy atom. The van der Waals surface area contributed by atoms with Gasteiger partial charge in [-0.2, -0.15) is 0 Å². The third-order valence-electron chi connectivity index (χ3n) is 2.50. The minimum absolute atomic E-state index is 0.499. The van der Waals surface area contributed by atoms with E-state index < -0.39 is 7.12 Å². The quantitative estimate of drug-likeness (QED) is 0.750. The van der Waals surface area contributed by atoms with Gasteiger partial charge in [-0.25, -0.2) is 0 Å². The van der Waals surface area contributed by atoms with Crippen LogP contribution in [0.5, 0.6) is 5.75 Å². The second kappa shape index (κ2) is 4.55. The van der Waals surface area contributed by atoms with Gasteiger partial charge in [-0.15, -0.1) is 0 Å². The van der Waals surface area contributed by atoms with E-state index in [1.807, 2.05) is 31.2 Å². The predicted molar refractivity (Wildman–Crippen MR) is 64.9 cm³/mol. The third kappa shape index (κ3) is 1.89. The fourth-order valence-electron chi connectivity index (χ4n) is 1.80. The van der Waals surface area contributed by atoms with Gasteiger partial charge in [0, 0.05) is 5.39 Å². The van der Waals surface area contributed by atoms with E-state index in [4.69, 9.17) is 4.74 Å². The van der Waals surface area contributed by atoms with E-state index >= 15 is 0 Å². The average molecular weight is 216 g/mol. The molecule has 0 radical (unpaired) electrons. The number of benzene rings is 2. The van der Waals surface area contributed by atoms with Crippen molar-refractivity contribution in [3.63, 3.8) is 0 Å². The van der Waals surface area contributed by atoms with E-state index in [0.29, 0.717) is 12.1 Å². The molecule has 4 heteroatoms. The highest BCUT2D eigenvalue weighted by atomic mass is 16.5. The number of rotatable bonds is 3. The highest BCUT2D eigenvalue weighted by molar-refractivity contribution is 6.62. The van der Waals surface area contributed by atoms with E-state index in [1.165, 1.54) is 0 Å². The first-order valence-electron chi connectivity index (χ1n) is 5.24. The normalized spacial score (nSPS) is 10.4. The monoisotopic (exact) mass is 216 g/mol. The first-order valence-corrected chi connectivity index (χ1v) is 5.24. The molecular weight excluding hydrogens is 203 g/mol. The lowest BCUT2D eigenvalue weighted by molar-refractivity contribution is 0.344. The number of hydrogen-bond donors (Lipinski definition) is 2. The van der Waals surface area contributed by atoms with Crippen LogP contribution in [0.1, 0.15) is 6.92 Å². The standard InChI is InChI=1S/C12H13BO3/c1-2-16-12-8-7-11(13(14)15)9-5-3-4-6-10(9)12/h3-8,14-15H,2H2,1H3. The largest absolute Gasteiger partial charge is 0.493 e. The van der Waals surface area contributed by atoms with Gasteiger partial charge in [-0.05, 0) is 23.8 Å². The smallest absolute Gasteiger partial charge is 0.489 e. The molecule has 0 aliphatic heterocycles. The molecule has 0 saturated carbocycles. The Hall–Kier alpha value is -1.52. The molecule has 0 saturated heterocycles. The van der Waals surface area contributed by atoms with Crippen molar-refractivity contribution in [1.29, 1.82) is 0 Å². The molecule has 2 rings (SSSR count). The second-order valence-electron chi connectivity index (χ2n) is 3.51. The Morgan fingerprint density at radius 3 is 2.38 bits per heavy atom. The zero-order valence-corrected chi connectivity index (χ0v) is 9.05. The lowest BCUT2D eigenvalue weighted by Crippen LogP contribution is -2.30. The van der Waals surface area contributed by atoms with Gasteiger partial charge in [0.1, 0.15) is 5.75 Å². The van der Waals surface area contributed by atoms with E-state index in [1.54, 1.807) is 12.1 Å². The number of ether oxygens (including phenoxy) is 1. The summed E-state index contributed by atoms with van der Waals surface area (Å²) in [6.07, 6.45) is 0. The molecule has 3 nitrogen and oxygen atoms in total. The maximum absolute atomic E-state index is 9.26. The highest BCUT2D eigenvalue weighted by Gasteiger charge is 2.15. The Morgan fingerprint density at radius 1 is 1.06 bits per heavy atom. The third-order valence-corrected chi connectivity index (χ3v) is 2.50. The zero-order chi connectivity index (χ0) is 11.5. The molecule has 0 unspecified atom stereocenters. The Bertz CT molecular complexity index is 497. The first-order chi connectivity index (χ1) is 7.74. The molecule has 0 aliphatic carbocycles. The van der Waals surface area contributed by atoms with Gasteiger partial charge in [-0.3, -0.25) is 0 Å². The Labute approximate surface area is 94.4 Å². The molecule has 0 aromatic heterocycles. The summed E-state index contributed by atoms with van der Waals surface area (Å²) >= 11 is 0. The van der Waals surface area contributed by atoms with Crippen molar-refractivity contribution >= 4 is 23.4 Å². The Balaban J connectivity index is 2.67. The molecular formula is C12H13BO3. The molecule has 0 atom stereocenters. The van der Waals surface area contributed by atoms with E-state index in [2.05, 4.69) is 0 Å². The first kappa shape index (κ1) is 11.0. The molecule has 16 heavy (non-hydrogen) atoms. The summed E-state index contributed by atoms with van der Waals surface area (Å²) in [6.45, 7) is 2.51. The van der Waals surface area contributed by atoms with Gasteiger partial charge in [0.2, 0.25) is 0 Å². The van der Waals surface area contributed by atoms with Crippen LogP contribution in [0.2, 0.25) is 0 Å². The summed E-state index contributed by atoms with van der Waals surface area (Å²) in [4.78, 5) is 0. The van der Waals surface area contributed by atoms with Crippen LogP contribution in [0.15, 0.2) is 36.4 Å². The molecule has 0 aliphatic rings. The molecule has 0 bridgehead atoms. The Kier molecular flexibility index (Phi) is 3.13. The van der Waals surface area contributed by atoms with Crippen LogP contribution < -0.4 is 10.2 Å². The van der Waals surface area contributed by atoms with E-state index in [-0.39, 0.29) is 0 Å². The fourth-order valence-corrected chi connectivity index (χ4v) is 1.80. The molecule has 2 aromatic carbocycles. The van der Waals surface area contributed by atoms with E-state index in [9.17, 15) is 10.0 Å². The molecule has 0 spiro atoms. The maximum Gasteiger partial charge on any atom is 0.489 e. The molecule has 2 aromatic rings. The molecule has 0 amide bonds. The summed E-state index contributed by atoms with van der Waals surface area (Å²) < 4.78 is 5.49. The summed E-state index contributed by atoms with van der Waals surface area (Å²) in [7, 11) is -1.46. The van der Waals surface area contributed by atoms with Crippen LogP contribution in [-0.4, -0.2) is 23.8 Å². The lowest BCUT2D eigenvalue weighted by atomic mass is 9.77. The van der Waals surface area contributed by atoms with Gasteiger partial charge >= 0.3 is 7.12 Å².